The van der Waals surface area contributed by atoms with E-state index in [0.29, 0.717) is 6.54 Å². The van der Waals surface area contributed by atoms with E-state index in [1.807, 2.05) is 24.3 Å². The Labute approximate surface area is 82.6 Å². The number of rotatable bonds is 2. The van der Waals surface area contributed by atoms with E-state index in [9.17, 15) is 0 Å². The van der Waals surface area contributed by atoms with Gasteiger partial charge in [-0.05, 0) is 11.6 Å². The van der Waals surface area contributed by atoms with Crippen LogP contribution in [-0.4, -0.2) is 9.97 Å². The van der Waals surface area contributed by atoms with Crippen molar-refractivity contribution >= 4 is 0 Å². The molecule has 2 N–H and O–H groups in total. The fourth-order valence-electron chi connectivity index (χ4n) is 1.24. The standard InChI is InChI=1S/C11H11N3/c12-8-9-2-4-10(5-3-9)11-13-6-1-7-14-11/h1-7H,8,12H2. The minimum Gasteiger partial charge on any atom is -0.326 e. The molecule has 0 aliphatic carbocycles. The zero-order valence-corrected chi connectivity index (χ0v) is 7.72. The molecule has 2 aromatic rings. The molecule has 3 nitrogen and oxygen atoms in total. The molecule has 0 fully saturated rings. The average Bonchev–Trinajstić information content (AvgIpc) is 2.30. The van der Waals surface area contributed by atoms with Crippen LogP contribution >= 0.6 is 0 Å². The molecule has 70 valence electrons. The number of hydrogen-bond acceptors (Lipinski definition) is 3. The lowest BCUT2D eigenvalue weighted by atomic mass is 10.1. The van der Waals surface area contributed by atoms with Crippen LogP contribution < -0.4 is 5.73 Å². The van der Waals surface area contributed by atoms with Crippen LogP contribution in [-0.2, 0) is 6.54 Å². The summed E-state index contributed by atoms with van der Waals surface area (Å²) in [5, 5.41) is 0. The summed E-state index contributed by atoms with van der Waals surface area (Å²) in [6.07, 6.45) is 3.47. The van der Waals surface area contributed by atoms with Gasteiger partial charge in [-0.2, -0.15) is 0 Å². The first kappa shape index (κ1) is 8.84. The lowest BCUT2D eigenvalue weighted by molar-refractivity contribution is 1.07. The van der Waals surface area contributed by atoms with Crippen molar-refractivity contribution in [3.05, 3.63) is 48.3 Å². The summed E-state index contributed by atoms with van der Waals surface area (Å²) in [6.45, 7) is 0.565. The summed E-state index contributed by atoms with van der Waals surface area (Å²) in [5.74, 6) is 0.746. The molecule has 1 heterocycles. The Morgan fingerprint density at radius 2 is 1.64 bits per heavy atom. The molecule has 0 atom stereocenters. The van der Waals surface area contributed by atoms with Gasteiger partial charge in [0.25, 0.3) is 0 Å². The maximum absolute atomic E-state index is 5.51. The predicted octanol–water partition coefficient (Wildman–Crippen LogP) is 1.60. The summed E-state index contributed by atoms with van der Waals surface area (Å²) >= 11 is 0. The van der Waals surface area contributed by atoms with Gasteiger partial charge in [-0.25, -0.2) is 9.97 Å². The van der Waals surface area contributed by atoms with Crippen LogP contribution in [0.15, 0.2) is 42.7 Å². The van der Waals surface area contributed by atoms with Crippen LogP contribution in [0.5, 0.6) is 0 Å². The monoisotopic (exact) mass is 185 g/mol. The van der Waals surface area contributed by atoms with Crippen molar-refractivity contribution in [2.45, 2.75) is 6.54 Å². The van der Waals surface area contributed by atoms with Crippen molar-refractivity contribution in [1.82, 2.24) is 9.97 Å². The molecular weight excluding hydrogens is 174 g/mol. The van der Waals surface area contributed by atoms with E-state index in [1.54, 1.807) is 18.5 Å². The van der Waals surface area contributed by atoms with Gasteiger partial charge in [0.15, 0.2) is 5.82 Å². The van der Waals surface area contributed by atoms with Crippen molar-refractivity contribution in [3.8, 4) is 11.4 Å². The number of nitrogens with two attached hydrogens (primary N) is 1. The van der Waals surface area contributed by atoms with Gasteiger partial charge in [0.2, 0.25) is 0 Å². The van der Waals surface area contributed by atoms with Crippen molar-refractivity contribution < 1.29 is 0 Å². The quantitative estimate of drug-likeness (QED) is 0.773. The Hall–Kier alpha value is -1.74. The maximum Gasteiger partial charge on any atom is 0.159 e. The highest BCUT2D eigenvalue weighted by molar-refractivity contribution is 5.54. The third-order valence-electron chi connectivity index (χ3n) is 2.01. The van der Waals surface area contributed by atoms with Crippen LogP contribution in [0, 0.1) is 0 Å². The third-order valence-corrected chi connectivity index (χ3v) is 2.01. The topological polar surface area (TPSA) is 51.8 Å². The van der Waals surface area contributed by atoms with Gasteiger partial charge in [0, 0.05) is 24.5 Å². The number of benzene rings is 1. The molecule has 0 bridgehead atoms. The highest BCUT2D eigenvalue weighted by Crippen LogP contribution is 2.13. The smallest absolute Gasteiger partial charge is 0.159 e. The van der Waals surface area contributed by atoms with E-state index in [4.69, 9.17) is 5.73 Å². The molecule has 0 aliphatic rings. The zero-order chi connectivity index (χ0) is 9.80. The van der Waals surface area contributed by atoms with E-state index in [0.717, 1.165) is 17.0 Å². The summed E-state index contributed by atoms with van der Waals surface area (Å²) < 4.78 is 0. The molecule has 0 amide bonds. The minimum absolute atomic E-state index is 0.565. The summed E-state index contributed by atoms with van der Waals surface area (Å²) in [6, 6.07) is 9.75. The number of aromatic nitrogens is 2. The lowest BCUT2D eigenvalue weighted by Crippen LogP contribution is -1.95. The molecule has 1 aromatic carbocycles. The molecule has 14 heavy (non-hydrogen) atoms. The Morgan fingerprint density at radius 1 is 1.00 bits per heavy atom. The zero-order valence-electron chi connectivity index (χ0n) is 7.72. The Bertz CT molecular complexity index is 395. The van der Waals surface area contributed by atoms with Crippen molar-refractivity contribution in [2.24, 2.45) is 5.73 Å². The van der Waals surface area contributed by atoms with E-state index >= 15 is 0 Å². The van der Waals surface area contributed by atoms with Gasteiger partial charge in [0.1, 0.15) is 0 Å². The van der Waals surface area contributed by atoms with Crippen LogP contribution in [0.4, 0.5) is 0 Å². The largest absolute Gasteiger partial charge is 0.326 e. The Morgan fingerprint density at radius 3 is 2.21 bits per heavy atom. The first-order valence-corrected chi connectivity index (χ1v) is 4.46. The highest BCUT2D eigenvalue weighted by Gasteiger charge is 1.98. The molecule has 0 saturated carbocycles. The number of nitrogens with zero attached hydrogens (tertiary/aromatic N) is 2. The fourth-order valence-corrected chi connectivity index (χ4v) is 1.24. The third kappa shape index (κ3) is 1.78. The van der Waals surface area contributed by atoms with Crippen molar-refractivity contribution in [3.63, 3.8) is 0 Å². The van der Waals surface area contributed by atoms with Crippen molar-refractivity contribution in [2.75, 3.05) is 0 Å². The summed E-state index contributed by atoms with van der Waals surface area (Å²) in [4.78, 5) is 8.32. The average molecular weight is 185 g/mol. The van der Waals surface area contributed by atoms with Crippen LogP contribution in [0.1, 0.15) is 5.56 Å². The normalized spacial score (nSPS) is 10.1. The molecular formula is C11H11N3. The molecule has 0 radical (unpaired) electrons. The van der Waals surface area contributed by atoms with Gasteiger partial charge < -0.3 is 5.73 Å². The lowest BCUT2D eigenvalue weighted by Gasteiger charge is -2.00. The van der Waals surface area contributed by atoms with Gasteiger partial charge >= 0.3 is 0 Å². The molecule has 0 unspecified atom stereocenters. The van der Waals surface area contributed by atoms with Crippen LogP contribution in [0.2, 0.25) is 0 Å². The van der Waals surface area contributed by atoms with Crippen molar-refractivity contribution in [1.29, 1.82) is 0 Å². The molecule has 3 heteroatoms. The first-order chi connectivity index (χ1) is 6.90. The Kier molecular flexibility index (Phi) is 2.51. The van der Waals surface area contributed by atoms with Gasteiger partial charge in [-0.3, -0.25) is 0 Å². The van der Waals surface area contributed by atoms with Crippen LogP contribution in [0.3, 0.4) is 0 Å². The highest BCUT2D eigenvalue weighted by atomic mass is 14.8. The second-order valence-corrected chi connectivity index (χ2v) is 2.97. The minimum atomic E-state index is 0.565. The van der Waals surface area contributed by atoms with E-state index < -0.39 is 0 Å². The predicted molar refractivity (Wildman–Crippen MR) is 55.4 cm³/mol. The SMILES string of the molecule is NCc1ccc(-c2ncccn2)cc1. The van der Waals surface area contributed by atoms with Gasteiger partial charge in [0.05, 0.1) is 0 Å². The van der Waals surface area contributed by atoms with Crippen LogP contribution in [0.25, 0.3) is 11.4 Å². The van der Waals surface area contributed by atoms with Gasteiger partial charge in [-0.15, -0.1) is 0 Å². The molecule has 0 aliphatic heterocycles. The second-order valence-electron chi connectivity index (χ2n) is 2.97. The van der Waals surface area contributed by atoms with E-state index in [1.165, 1.54) is 0 Å². The first-order valence-electron chi connectivity index (χ1n) is 4.46. The fraction of sp³-hybridized carbons (Fsp3) is 0.0909. The van der Waals surface area contributed by atoms with Gasteiger partial charge in [-0.1, -0.05) is 24.3 Å². The molecule has 2 rings (SSSR count). The summed E-state index contributed by atoms with van der Waals surface area (Å²) in [7, 11) is 0. The molecule has 0 spiro atoms. The Balaban J connectivity index is 2.34. The maximum atomic E-state index is 5.51. The van der Waals surface area contributed by atoms with E-state index in [-0.39, 0.29) is 0 Å². The molecule has 1 aromatic heterocycles. The molecule has 0 saturated heterocycles. The van der Waals surface area contributed by atoms with E-state index in [2.05, 4.69) is 9.97 Å². The number of hydrogen-bond donors (Lipinski definition) is 1. The summed E-state index contributed by atoms with van der Waals surface area (Å²) in [5.41, 5.74) is 7.64. The second kappa shape index (κ2) is 3.98.